The Morgan fingerprint density at radius 3 is 2.24 bits per heavy atom. The summed E-state index contributed by atoms with van der Waals surface area (Å²) in [6.07, 6.45) is 0.398. The van der Waals surface area contributed by atoms with Gasteiger partial charge in [0.15, 0.2) is 5.78 Å². The monoisotopic (exact) mass is 510 g/mol. The Labute approximate surface area is 186 Å². The molecule has 4 heteroatoms. The molecule has 0 amide bonds. The highest BCUT2D eigenvalue weighted by Crippen LogP contribution is 2.43. The van der Waals surface area contributed by atoms with Gasteiger partial charge in [0.05, 0.1) is 5.56 Å². The second-order valence-corrected chi connectivity index (χ2v) is 9.54. The van der Waals surface area contributed by atoms with Crippen molar-refractivity contribution in [2.45, 2.75) is 20.3 Å². The lowest BCUT2D eigenvalue weighted by Gasteiger charge is -2.16. The zero-order valence-corrected chi connectivity index (χ0v) is 19.3. The molecule has 4 rings (SSSR count). The molecule has 29 heavy (non-hydrogen) atoms. The molecule has 0 aliphatic heterocycles. The second kappa shape index (κ2) is 7.92. The highest BCUT2D eigenvalue weighted by atomic mass is 79.9. The fraction of sp³-hybridized carbons (Fsp3) is 0.160. The molecule has 0 saturated carbocycles. The van der Waals surface area contributed by atoms with Crippen LogP contribution in [0.4, 0.5) is 0 Å². The number of rotatable bonds is 4. The molecule has 0 fully saturated rings. The molecule has 0 aromatic heterocycles. The maximum atomic E-state index is 12.9. The van der Waals surface area contributed by atoms with Gasteiger partial charge in [-0.15, -0.1) is 0 Å². The molecule has 0 atom stereocenters. The number of carbonyl (C=O) groups excluding carboxylic acids is 1. The van der Waals surface area contributed by atoms with Crippen molar-refractivity contribution in [2.24, 2.45) is 5.92 Å². The lowest BCUT2D eigenvalue weighted by atomic mass is 9.89. The van der Waals surface area contributed by atoms with E-state index in [0.717, 1.165) is 36.1 Å². The predicted molar refractivity (Wildman–Crippen MR) is 128 cm³/mol. The Morgan fingerprint density at radius 2 is 1.55 bits per heavy atom. The maximum absolute atomic E-state index is 12.9. The zero-order chi connectivity index (χ0) is 20.7. The van der Waals surface area contributed by atoms with E-state index < -0.39 is 0 Å². The van der Waals surface area contributed by atoms with Crippen LogP contribution in [0.1, 0.15) is 30.6 Å². The Hall–Kier alpha value is -2.17. The van der Waals surface area contributed by atoms with Crippen LogP contribution in [0, 0.1) is 5.92 Å². The molecule has 0 unspecified atom stereocenters. The van der Waals surface area contributed by atoms with E-state index in [4.69, 9.17) is 0 Å². The van der Waals surface area contributed by atoms with Gasteiger partial charge in [-0.2, -0.15) is 0 Å². The molecule has 0 aliphatic carbocycles. The summed E-state index contributed by atoms with van der Waals surface area (Å²) in [7, 11) is 0. The molecule has 0 spiro atoms. The van der Waals surface area contributed by atoms with Gasteiger partial charge >= 0.3 is 0 Å². The summed E-state index contributed by atoms with van der Waals surface area (Å²) >= 11 is 7.06. The minimum Gasteiger partial charge on any atom is -0.507 e. The van der Waals surface area contributed by atoms with Crippen LogP contribution in [-0.2, 0) is 0 Å². The molecule has 0 saturated heterocycles. The van der Waals surface area contributed by atoms with Crippen molar-refractivity contribution in [1.29, 1.82) is 0 Å². The van der Waals surface area contributed by atoms with E-state index in [1.165, 1.54) is 0 Å². The fourth-order valence-corrected chi connectivity index (χ4v) is 4.56. The summed E-state index contributed by atoms with van der Waals surface area (Å²) in [6, 6.07) is 19.9. The Bertz CT molecular complexity index is 1260. The van der Waals surface area contributed by atoms with Crippen LogP contribution in [0.25, 0.3) is 32.7 Å². The number of ketones is 1. The van der Waals surface area contributed by atoms with Crippen molar-refractivity contribution in [2.75, 3.05) is 0 Å². The average molecular weight is 512 g/mol. The van der Waals surface area contributed by atoms with Crippen molar-refractivity contribution in [3.05, 3.63) is 75.2 Å². The number of benzene rings is 4. The summed E-state index contributed by atoms with van der Waals surface area (Å²) in [5.41, 5.74) is 2.00. The number of fused-ring (bicyclic) bond motifs is 2. The van der Waals surface area contributed by atoms with Gasteiger partial charge in [0.2, 0.25) is 0 Å². The molecule has 0 bridgehead atoms. The second-order valence-electron chi connectivity index (χ2n) is 7.71. The number of aromatic hydroxyl groups is 1. The number of carbonyl (C=O) groups is 1. The molecule has 2 nitrogen and oxygen atoms in total. The Morgan fingerprint density at radius 1 is 0.897 bits per heavy atom. The van der Waals surface area contributed by atoms with Gasteiger partial charge in [-0.05, 0) is 63.4 Å². The van der Waals surface area contributed by atoms with Gasteiger partial charge in [0, 0.05) is 20.9 Å². The number of hydrogen-bond acceptors (Lipinski definition) is 2. The van der Waals surface area contributed by atoms with E-state index in [1.54, 1.807) is 0 Å². The smallest absolute Gasteiger partial charge is 0.166 e. The van der Waals surface area contributed by atoms with Crippen molar-refractivity contribution < 1.29 is 9.90 Å². The minimum atomic E-state index is -0.0383. The van der Waals surface area contributed by atoms with Gasteiger partial charge in [-0.1, -0.05) is 76.0 Å². The quantitative estimate of drug-likeness (QED) is 0.281. The van der Waals surface area contributed by atoms with Crippen LogP contribution in [0.5, 0.6) is 5.75 Å². The summed E-state index contributed by atoms with van der Waals surface area (Å²) in [5.74, 6) is 0.239. The van der Waals surface area contributed by atoms with E-state index >= 15 is 0 Å². The topological polar surface area (TPSA) is 37.3 Å². The lowest BCUT2D eigenvalue weighted by molar-refractivity contribution is 0.0965. The number of hydrogen-bond donors (Lipinski definition) is 1. The zero-order valence-electron chi connectivity index (χ0n) is 16.2. The van der Waals surface area contributed by atoms with E-state index in [9.17, 15) is 9.90 Å². The molecule has 4 aromatic rings. The van der Waals surface area contributed by atoms with E-state index in [1.807, 2.05) is 68.4 Å². The number of phenols is 1. The normalized spacial score (nSPS) is 11.5. The van der Waals surface area contributed by atoms with Gasteiger partial charge in [0.1, 0.15) is 5.75 Å². The van der Waals surface area contributed by atoms with Crippen molar-refractivity contribution in [1.82, 2.24) is 0 Å². The first kappa shape index (κ1) is 20.1. The number of phenolic OH excluding ortho intramolecular Hbond substituents is 1. The molecule has 146 valence electrons. The average Bonchev–Trinajstić information content (AvgIpc) is 2.66. The van der Waals surface area contributed by atoms with Gasteiger partial charge in [0.25, 0.3) is 0 Å². The van der Waals surface area contributed by atoms with Crippen LogP contribution in [0.3, 0.4) is 0 Å². The number of Topliss-reactive ketones (excluding diaryl/α,β-unsaturated/α-hetero) is 1. The van der Waals surface area contributed by atoms with Crippen LogP contribution in [0.2, 0.25) is 0 Å². The summed E-state index contributed by atoms with van der Waals surface area (Å²) in [4.78, 5) is 12.9. The van der Waals surface area contributed by atoms with Crippen LogP contribution >= 0.6 is 31.9 Å². The summed E-state index contributed by atoms with van der Waals surface area (Å²) in [5, 5.41) is 15.2. The fourth-order valence-electron chi connectivity index (χ4n) is 3.81. The first-order valence-electron chi connectivity index (χ1n) is 9.52. The van der Waals surface area contributed by atoms with E-state index in [2.05, 4.69) is 37.9 Å². The van der Waals surface area contributed by atoms with Gasteiger partial charge < -0.3 is 5.11 Å². The molecular formula is C25H20Br2O2. The Kier molecular flexibility index (Phi) is 5.50. The SMILES string of the molecule is CC(C)CC(=O)c1cc2cc(Br)ccc2c(-c2cccc3cc(Br)ccc23)c1O. The molecular weight excluding hydrogens is 492 g/mol. The maximum Gasteiger partial charge on any atom is 0.166 e. The predicted octanol–water partition coefficient (Wildman–Crippen LogP) is 8.12. The largest absolute Gasteiger partial charge is 0.507 e. The summed E-state index contributed by atoms with van der Waals surface area (Å²) < 4.78 is 1.94. The molecule has 0 aliphatic rings. The highest BCUT2D eigenvalue weighted by molar-refractivity contribution is 9.10. The van der Waals surface area contributed by atoms with Crippen LogP contribution in [-0.4, -0.2) is 10.9 Å². The Balaban J connectivity index is 2.08. The highest BCUT2D eigenvalue weighted by Gasteiger charge is 2.21. The third-order valence-electron chi connectivity index (χ3n) is 5.08. The molecule has 1 N–H and O–H groups in total. The lowest BCUT2D eigenvalue weighted by Crippen LogP contribution is -2.05. The molecule has 4 aromatic carbocycles. The van der Waals surface area contributed by atoms with Gasteiger partial charge in [-0.25, -0.2) is 0 Å². The first-order valence-corrected chi connectivity index (χ1v) is 11.1. The van der Waals surface area contributed by atoms with Crippen LogP contribution in [0.15, 0.2) is 69.6 Å². The number of halogens is 2. The van der Waals surface area contributed by atoms with Crippen molar-refractivity contribution in [3.63, 3.8) is 0 Å². The third kappa shape index (κ3) is 3.84. The van der Waals surface area contributed by atoms with E-state index in [-0.39, 0.29) is 17.5 Å². The van der Waals surface area contributed by atoms with Crippen molar-refractivity contribution in [3.8, 4) is 16.9 Å². The third-order valence-corrected chi connectivity index (χ3v) is 6.07. The summed E-state index contributed by atoms with van der Waals surface area (Å²) in [6.45, 7) is 4.02. The van der Waals surface area contributed by atoms with Crippen LogP contribution < -0.4 is 0 Å². The van der Waals surface area contributed by atoms with Gasteiger partial charge in [-0.3, -0.25) is 4.79 Å². The standard InChI is InChI=1S/C25H20Br2O2/c1-14(2)10-23(28)22-13-16-12-18(27)7-9-20(16)24(25(22)29)21-5-3-4-15-11-17(26)6-8-19(15)21/h3-9,11-14,29H,10H2,1-2H3. The van der Waals surface area contributed by atoms with Crippen molar-refractivity contribution >= 4 is 59.2 Å². The van der Waals surface area contributed by atoms with E-state index in [0.29, 0.717) is 17.5 Å². The minimum absolute atomic E-state index is 0.0383. The molecule has 0 radical (unpaired) electrons. The first-order chi connectivity index (χ1) is 13.8. The molecule has 0 heterocycles.